The second-order valence-corrected chi connectivity index (χ2v) is 39.0. The fourth-order valence-electron chi connectivity index (χ4n) is 7.65. The molecule has 16 nitrogen and oxygen atoms in total. The van der Waals surface area contributed by atoms with E-state index in [9.17, 15) is 62.2 Å². The molecule has 456 valence electrons. The molecule has 0 unspecified atom stereocenters. The minimum atomic E-state index is -3.92. The van der Waals surface area contributed by atoms with E-state index in [0.717, 1.165) is 71.5 Å². The summed E-state index contributed by atoms with van der Waals surface area (Å²) >= 11 is 3.73. The largest absolute Gasteiger partial charge is 0.507 e. The molecule has 1 aliphatic rings. The summed E-state index contributed by atoms with van der Waals surface area (Å²) in [6, 6.07) is 10.6. The molecule has 3 aromatic carbocycles. The third kappa shape index (κ3) is 25.0. The van der Waals surface area contributed by atoms with Gasteiger partial charge in [-0.1, -0.05) is 125 Å². The van der Waals surface area contributed by atoms with E-state index in [1.165, 1.54) is 5.08 Å². The zero-order chi connectivity index (χ0) is 63.8. The molecule has 1 aliphatic heterocycles. The lowest BCUT2D eigenvalue weighted by Crippen LogP contribution is -2.18. The van der Waals surface area contributed by atoms with Crippen LogP contribution >= 0.6 is 23.5 Å². The molecule has 0 atom stereocenters. The third-order valence-corrected chi connectivity index (χ3v) is 21.2. The second kappa shape index (κ2) is 27.8. The van der Waals surface area contributed by atoms with Crippen molar-refractivity contribution in [2.45, 2.75) is 157 Å². The Labute approximate surface area is 490 Å². The van der Waals surface area contributed by atoms with Crippen molar-refractivity contribution in [2.24, 2.45) is 10.2 Å². The molecule has 0 saturated heterocycles. The predicted octanol–water partition coefficient (Wildman–Crippen LogP) is 12.0. The van der Waals surface area contributed by atoms with Gasteiger partial charge in [0.2, 0.25) is 0 Å². The monoisotopic (exact) mass is 1250 g/mol. The zero-order valence-electron chi connectivity index (χ0n) is 51.8. The Bertz CT molecular complexity index is 3200. The number of hydrogen-bond donors (Lipinski definition) is 3. The minimum Gasteiger partial charge on any atom is -0.507 e. The Balaban J connectivity index is 0.00000106. The number of thioether (sulfide) groups is 2. The Morgan fingerprint density at radius 3 is 0.963 bits per heavy atom. The number of hydrogen-bond acceptors (Lipinski definition) is 18. The number of carbonyl (C=O) groups excluding carboxylic acids is 1. The van der Waals surface area contributed by atoms with E-state index in [-0.39, 0.29) is 44.7 Å². The number of phenolic OH excluding ortho intramolecular Hbond substituents is 3. The lowest BCUT2D eigenvalue weighted by Gasteiger charge is -2.28. The number of aldehydes is 1. The van der Waals surface area contributed by atoms with Crippen LogP contribution in [-0.2, 0) is 81.7 Å². The molecule has 1 heterocycles. The van der Waals surface area contributed by atoms with Crippen LogP contribution in [0, 0.1) is 0 Å². The van der Waals surface area contributed by atoms with Crippen molar-refractivity contribution < 1.29 is 62.2 Å². The second-order valence-electron chi connectivity index (χ2n) is 26.1. The van der Waals surface area contributed by atoms with Gasteiger partial charge < -0.3 is 15.3 Å². The summed E-state index contributed by atoms with van der Waals surface area (Å²) in [5.41, 5.74) is 5.18. The smallest absolute Gasteiger partial charge is 0.194 e. The van der Waals surface area contributed by atoms with Gasteiger partial charge in [0.25, 0.3) is 0 Å². The van der Waals surface area contributed by atoms with Gasteiger partial charge in [0.15, 0.2) is 63.5 Å². The molecule has 0 aromatic heterocycles. The van der Waals surface area contributed by atoms with Gasteiger partial charge >= 0.3 is 0 Å². The van der Waals surface area contributed by atoms with E-state index in [4.69, 9.17) is 0 Å². The average Bonchev–Trinajstić information content (AvgIpc) is 3.71. The molecule has 23 heteroatoms. The van der Waals surface area contributed by atoms with Crippen LogP contribution in [0.5, 0.6) is 17.2 Å². The van der Waals surface area contributed by atoms with E-state index >= 15 is 0 Å². The number of aromatic hydroxyl groups is 3. The molecule has 0 aliphatic carbocycles. The fourth-order valence-corrected chi connectivity index (χ4v) is 15.4. The van der Waals surface area contributed by atoms with Gasteiger partial charge in [-0.05, 0) is 98.6 Å². The summed E-state index contributed by atoms with van der Waals surface area (Å²) in [4.78, 5) is 11.0. The molecular formula is C57H92N2O14S7. The van der Waals surface area contributed by atoms with Gasteiger partial charge in [-0.15, -0.1) is 5.11 Å². The molecule has 4 rings (SSSR count). The van der Waals surface area contributed by atoms with Gasteiger partial charge in [-0.3, -0.25) is 4.79 Å². The topological polar surface area (TPSA) is 273 Å². The number of carbonyl (C=O) groups is 1. The van der Waals surface area contributed by atoms with Crippen LogP contribution in [0.2, 0.25) is 0 Å². The molecule has 3 N–H and O–H groups in total. The SMILES string of the molecule is CC(C)(C)c1cc(C2=C(S(C)(=O)=O)N=NC2)cc(C(C)(C)C)c1O.CC(C)(C)c1cc(C=C(S(C)(=O)=O)S(C)(=O)=O)cc(C(C)(C)C)c1O.CC(C)(C)c1cc(C=O)cc(C(C)(C)C)c1O.CS(=O)(=O)CS(C)(=O)=O.CSCSC. The van der Waals surface area contributed by atoms with E-state index in [1.807, 2.05) is 160 Å². The van der Waals surface area contributed by atoms with Crippen LogP contribution in [-0.4, -0.2) is 124 Å². The van der Waals surface area contributed by atoms with Crippen LogP contribution in [0.1, 0.15) is 179 Å². The minimum absolute atomic E-state index is 0.0212. The molecule has 0 bridgehead atoms. The summed E-state index contributed by atoms with van der Waals surface area (Å²) in [5.74, 6) is 0.736. The summed E-state index contributed by atoms with van der Waals surface area (Å²) in [6.07, 6.45) is 10.9. The molecule has 0 fully saturated rings. The number of azo groups is 1. The highest BCUT2D eigenvalue weighted by Crippen LogP contribution is 2.44. The molecule has 3 aromatic rings. The highest BCUT2D eigenvalue weighted by molar-refractivity contribution is 8.15. The van der Waals surface area contributed by atoms with Crippen molar-refractivity contribution in [2.75, 3.05) is 60.5 Å². The van der Waals surface area contributed by atoms with Gasteiger partial charge in [-0.2, -0.15) is 28.6 Å². The van der Waals surface area contributed by atoms with Crippen LogP contribution in [0.3, 0.4) is 0 Å². The Hall–Kier alpha value is -3.74. The normalized spacial score (nSPS) is 13.8. The Morgan fingerprint density at radius 2 is 0.762 bits per heavy atom. The third-order valence-electron chi connectivity index (χ3n) is 11.4. The number of phenols is 3. The summed E-state index contributed by atoms with van der Waals surface area (Å²) < 4.78 is 112. The average molecular weight is 1250 g/mol. The quantitative estimate of drug-likeness (QED) is 0.126. The predicted molar refractivity (Wildman–Crippen MR) is 338 cm³/mol. The van der Waals surface area contributed by atoms with Crippen molar-refractivity contribution >= 4 is 90.6 Å². The fraction of sp³-hybridized carbons (Fsp3) is 0.596. The van der Waals surface area contributed by atoms with Crippen molar-refractivity contribution in [3.05, 3.63) is 95.7 Å². The zero-order valence-corrected chi connectivity index (χ0v) is 57.5. The maximum atomic E-state index is 12.0. The number of benzene rings is 3. The lowest BCUT2D eigenvalue weighted by molar-refractivity contribution is 0.112. The van der Waals surface area contributed by atoms with Gasteiger partial charge in [0.1, 0.15) is 23.5 Å². The first-order valence-electron chi connectivity index (χ1n) is 25.1. The van der Waals surface area contributed by atoms with Gasteiger partial charge in [0.05, 0.1) is 6.54 Å². The van der Waals surface area contributed by atoms with Crippen LogP contribution in [0.25, 0.3) is 11.6 Å². The van der Waals surface area contributed by atoms with Crippen molar-refractivity contribution in [3.8, 4) is 17.2 Å². The standard InChI is InChI=1S/C18H26N2O3S.C18H28O5S2.C15H22O2.C3H8O4S2.C3H8S2/c1-17(2,3)13-8-11(9-14(15(13)21)18(4,5)6)12-10-19-20-16(12)24(7,22)23;1-17(2,3)13-9-12(10-14(16(13)19)18(4,5)6)11-15(24(7,20)21)25(8,22)23;1-14(2,3)11-7-10(9-16)8-12(13(11)17)15(4,5)6;1-8(4,5)3-9(2,6)7;1-4-3-5-2/h8-9,21H,10H2,1-7H3;9-11,19H,1-8H3;7-9,17H,1-6H3;3H2,1-2H3;3H2,1-2H3. The summed E-state index contributed by atoms with van der Waals surface area (Å²) in [6.45, 7) is 36.1. The molecule has 0 amide bonds. The number of rotatable bonds is 10. The first-order chi connectivity index (χ1) is 35.3. The maximum absolute atomic E-state index is 12.0. The van der Waals surface area contributed by atoms with E-state index in [1.54, 1.807) is 24.3 Å². The summed E-state index contributed by atoms with van der Waals surface area (Å²) in [7, 11) is -18.0. The first-order valence-corrected chi connectivity index (χ1v) is 37.7. The first kappa shape index (κ1) is 76.3. The maximum Gasteiger partial charge on any atom is 0.194 e. The van der Waals surface area contributed by atoms with E-state index in [0.29, 0.717) is 33.6 Å². The van der Waals surface area contributed by atoms with Crippen LogP contribution in [0.4, 0.5) is 0 Å². The molecule has 0 spiro atoms. The number of sulfone groups is 5. The van der Waals surface area contributed by atoms with Gasteiger partial charge in [0, 0.05) is 80.9 Å². The molecule has 0 radical (unpaired) electrons. The van der Waals surface area contributed by atoms with Crippen molar-refractivity contribution in [1.82, 2.24) is 0 Å². The molecule has 0 saturated carbocycles. The van der Waals surface area contributed by atoms with E-state index < -0.39 is 69.3 Å². The highest BCUT2D eigenvalue weighted by atomic mass is 32.3. The molecule has 80 heavy (non-hydrogen) atoms. The van der Waals surface area contributed by atoms with Gasteiger partial charge in [-0.25, -0.2) is 42.1 Å². The Morgan fingerprint density at radius 1 is 0.487 bits per heavy atom. The van der Waals surface area contributed by atoms with Crippen molar-refractivity contribution in [1.29, 1.82) is 0 Å². The van der Waals surface area contributed by atoms with Crippen molar-refractivity contribution in [3.63, 3.8) is 0 Å². The lowest BCUT2D eigenvalue weighted by atomic mass is 9.78. The number of nitrogens with zero attached hydrogens (tertiary/aromatic N) is 2. The highest BCUT2D eigenvalue weighted by Gasteiger charge is 2.32. The summed E-state index contributed by atoms with van der Waals surface area (Å²) in [5, 5.41) is 40.0. The van der Waals surface area contributed by atoms with Crippen LogP contribution < -0.4 is 0 Å². The Kier molecular flexibility index (Phi) is 26.5. The van der Waals surface area contributed by atoms with Crippen LogP contribution in [0.15, 0.2) is 55.9 Å². The molecular weight excluding hydrogens is 1160 g/mol. The van der Waals surface area contributed by atoms with E-state index in [2.05, 4.69) is 22.7 Å².